The van der Waals surface area contributed by atoms with E-state index in [0.29, 0.717) is 20.7 Å². The van der Waals surface area contributed by atoms with Gasteiger partial charge in [0, 0.05) is 29.6 Å². The maximum Gasteiger partial charge on any atom is 0.136 e. The summed E-state index contributed by atoms with van der Waals surface area (Å²) in [6.45, 7) is 2.10. The van der Waals surface area contributed by atoms with E-state index in [9.17, 15) is 4.21 Å². The molecule has 0 aliphatic carbocycles. The van der Waals surface area contributed by atoms with E-state index in [1.54, 1.807) is 30.0 Å². The molecule has 1 fully saturated rings. The van der Waals surface area contributed by atoms with Crippen molar-refractivity contribution in [1.29, 1.82) is 0 Å². The molecule has 0 unspecified atom stereocenters. The van der Waals surface area contributed by atoms with Crippen LogP contribution < -0.4 is 0 Å². The Labute approximate surface area is 141 Å². The fraction of sp³-hybridized carbons (Fsp3) is 0.462. The van der Waals surface area contributed by atoms with Crippen LogP contribution in [0.1, 0.15) is 12.8 Å². The van der Waals surface area contributed by atoms with Gasteiger partial charge < -0.3 is 4.90 Å². The Morgan fingerprint density at radius 2 is 2.05 bits per heavy atom. The monoisotopic (exact) mass is 367 g/mol. The lowest BCUT2D eigenvalue weighted by Gasteiger charge is -2.17. The Balaban J connectivity index is 1.83. The standard InChI is InChI=1S/C13H15Cl2NOS3/c14-10-3-4-11(15)12(9-10)20(17)8-7-19-13(18)16-5-1-2-6-16/h3-4,9H,1-2,5-8H2/t20-/m0/s1. The summed E-state index contributed by atoms with van der Waals surface area (Å²) in [4.78, 5) is 2.82. The zero-order valence-electron chi connectivity index (χ0n) is 10.8. The molecule has 0 radical (unpaired) electrons. The van der Waals surface area contributed by atoms with Crippen molar-refractivity contribution in [3.8, 4) is 0 Å². The van der Waals surface area contributed by atoms with Gasteiger partial charge in [-0.1, -0.05) is 47.2 Å². The van der Waals surface area contributed by atoms with Crippen LogP contribution in [0.3, 0.4) is 0 Å². The van der Waals surface area contributed by atoms with E-state index in [1.807, 2.05) is 0 Å². The SMILES string of the molecule is O=[S@@](CCSC(=S)N1CCCC1)c1cc(Cl)ccc1Cl. The van der Waals surface area contributed by atoms with Gasteiger partial charge in [0.15, 0.2) is 0 Å². The normalized spacial score (nSPS) is 16.4. The zero-order valence-corrected chi connectivity index (χ0v) is 14.8. The van der Waals surface area contributed by atoms with Gasteiger partial charge >= 0.3 is 0 Å². The fourth-order valence-corrected chi connectivity index (χ4v) is 5.24. The van der Waals surface area contributed by atoms with E-state index in [-0.39, 0.29) is 0 Å². The molecule has 2 nitrogen and oxygen atoms in total. The average Bonchev–Trinajstić information content (AvgIpc) is 2.95. The second-order valence-corrected chi connectivity index (χ2v) is 8.54. The van der Waals surface area contributed by atoms with E-state index in [2.05, 4.69) is 4.90 Å². The molecule has 1 aliphatic rings. The number of thioether (sulfide) groups is 1. The molecular weight excluding hydrogens is 353 g/mol. The van der Waals surface area contributed by atoms with Gasteiger partial charge in [0.05, 0.1) is 20.7 Å². The highest BCUT2D eigenvalue weighted by atomic mass is 35.5. The van der Waals surface area contributed by atoms with Crippen LogP contribution in [-0.2, 0) is 10.8 Å². The van der Waals surface area contributed by atoms with Crippen LogP contribution >= 0.6 is 47.2 Å². The molecule has 0 aromatic heterocycles. The number of nitrogens with zero attached hydrogens (tertiary/aromatic N) is 1. The lowest BCUT2D eigenvalue weighted by Crippen LogP contribution is -2.23. The summed E-state index contributed by atoms with van der Waals surface area (Å²) in [5, 5.41) is 1.05. The van der Waals surface area contributed by atoms with Crippen LogP contribution in [-0.4, -0.2) is 38.0 Å². The molecule has 0 bridgehead atoms. The summed E-state index contributed by atoms with van der Waals surface area (Å²) < 4.78 is 13.1. The molecule has 1 aromatic carbocycles. The Morgan fingerprint density at radius 3 is 2.75 bits per heavy atom. The van der Waals surface area contributed by atoms with E-state index >= 15 is 0 Å². The molecule has 1 aromatic rings. The molecule has 7 heteroatoms. The van der Waals surface area contributed by atoms with Crippen molar-refractivity contribution in [2.75, 3.05) is 24.6 Å². The van der Waals surface area contributed by atoms with Crippen LogP contribution in [0.5, 0.6) is 0 Å². The molecule has 1 heterocycles. The summed E-state index contributed by atoms with van der Waals surface area (Å²) in [7, 11) is -1.14. The Kier molecular flexibility index (Phi) is 6.62. The topological polar surface area (TPSA) is 20.3 Å². The number of hydrogen-bond acceptors (Lipinski definition) is 3. The molecule has 0 N–H and O–H groups in total. The second kappa shape index (κ2) is 7.99. The van der Waals surface area contributed by atoms with E-state index in [4.69, 9.17) is 35.4 Å². The third-order valence-corrected chi connectivity index (χ3v) is 6.86. The van der Waals surface area contributed by atoms with Gasteiger partial charge in [0.1, 0.15) is 4.32 Å². The highest BCUT2D eigenvalue weighted by Crippen LogP contribution is 2.24. The molecule has 110 valence electrons. The predicted octanol–water partition coefficient (Wildman–Crippen LogP) is 4.21. The largest absolute Gasteiger partial charge is 0.358 e. The molecule has 1 atom stereocenters. The number of likely N-dealkylation sites (tertiary alicyclic amines) is 1. The molecule has 1 aliphatic heterocycles. The van der Waals surface area contributed by atoms with Crippen LogP contribution in [0.4, 0.5) is 0 Å². The zero-order chi connectivity index (χ0) is 14.5. The smallest absolute Gasteiger partial charge is 0.136 e. The number of thiocarbonyl (C=S) groups is 1. The number of rotatable bonds is 4. The first-order valence-corrected chi connectivity index (χ1v) is 9.80. The van der Waals surface area contributed by atoms with Crippen LogP contribution in [0.25, 0.3) is 0 Å². The summed E-state index contributed by atoms with van der Waals surface area (Å²) in [6, 6.07) is 5.05. The molecule has 0 saturated carbocycles. The Morgan fingerprint density at radius 1 is 1.35 bits per heavy atom. The molecule has 2 rings (SSSR count). The maximum atomic E-state index is 12.2. The molecular formula is C13H15Cl2NOS3. The van der Waals surface area contributed by atoms with Crippen molar-refractivity contribution < 1.29 is 4.21 Å². The summed E-state index contributed by atoms with van der Waals surface area (Å²) in [5.74, 6) is 1.25. The minimum Gasteiger partial charge on any atom is -0.358 e. The van der Waals surface area contributed by atoms with Gasteiger partial charge in [-0.25, -0.2) is 0 Å². The highest BCUT2D eigenvalue weighted by molar-refractivity contribution is 8.23. The Bertz CT molecular complexity index is 518. The minimum atomic E-state index is -1.14. The number of benzene rings is 1. The molecule has 1 saturated heterocycles. The van der Waals surface area contributed by atoms with E-state index in [1.165, 1.54) is 12.8 Å². The molecule has 0 spiro atoms. The molecule has 0 amide bonds. The van der Waals surface area contributed by atoms with Gasteiger partial charge in [-0.2, -0.15) is 0 Å². The van der Waals surface area contributed by atoms with E-state index in [0.717, 1.165) is 23.2 Å². The third kappa shape index (κ3) is 4.60. The van der Waals surface area contributed by atoms with Crippen molar-refractivity contribution in [2.24, 2.45) is 0 Å². The maximum absolute atomic E-state index is 12.2. The first-order valence-electron chi connectivity index (χ1n) is 6.33. The first kappa shape index (κ1) is 16.6. The quantitative estimate of drug-likeness (QED) is 0.742. The van der Waals surface area contributed by atoms with Crippen molar-refractivity contribution in [2.45, 2.75) is 17.7 Å². The lowest BCUT2D eigenvalue weighted by atomic mass is 10.4. The minimum absolute atomic E-state index is 0.500. The average molecular weight is 368 g/mol. The van der Waals surface area contributed by atoms with Gasteiger partial charge in [0.25, 0.3) is 0 Å². The highest BCUT2D eigenvalue weighted by Gasteiger charge is 2.16. The van der Waals surface area contributed by atoms with Crippen molar-refractivity contribution in [3.05, 3.63) is 28.2 Å². The van der Waals surface area contributed by atoms with Crippen molar-refractivity contribution in [1.82, 2.24) is 4.90 Å². The van der Waals surface area contributed by atoms with Crippen LogP contribution in [0, 0.1) is 0 Å². The third-order valence-electron chi connectivity index (χ3n) is 3.00. The second-order valence-electron chi connectivity index (χ2n) is 4.43. The first-order chi connectivity index (χ1) is 9.58. The van der Waals surface area contributed by atoms with Crippen molar-refractivity contribution in [3.63, 3.8) is 0 Å². The summed E-state index contributed by atoms with van der Waals surface area (Å²) >= 11 is 18.9. The predicted molar refractivity (Wildman–Crippen MR) is 93.6 cm³/mol. The fourth-order valence-electron chi connectivity index (χ4n) is 1.96. The molecule has 20 heavy (non-hydrogen) atoms. The lowest BCUT2D eigenvalue weighted by molar-refractivity contribution is 0.539. The van der Waals surface area contributed by atoms with Gasteiger partial charge in [0.2, 0.25) is 0 Å². The van der Waals surface area contributed by atoms with Crippen LogP contribution in [0.2, 0.25) is 10.0 Å². The Hall–Kier alpha value is 0.190. The van der Waals surface area contributed by atoms with Crippen molar-refractivity contribution >= 4 is 62.3 Å². The van der Waals surface area contributed by atoms with Crippen LogP contribution in [0.15, 0.2) is 23.1 Å². The van der Waals surface area contributed by atoms with Gasteiger partial charge in [-0.15, -0.1) is 0 Å². The van der Waals surface area contributed by atoms with Gasteiger partial charge in [-0.3, -0.25) is 4.21 Å². The number of hydrogen-bond donors (Lipinski definition) is 0. The van der Waals surface area contributed by atoms with E-state index < -0.39 is 10.8 Å². The summed E-state index contributed by atoms with van der Waals surface area (Å²) in [6.07, 6.45) is 2.43. The number of halogens is 2. The van der Waals surface area contributed by atoms with Gasteiger partial charge in [-0.05, 0) is 31.0 Å². The summed E-state index contributed by atoms with van der Waals surface area (Å²) in [5.41, 5.74) is 0.